The van der Waals surface area contributed by atoms with Crippen molar-refractivity contribution in [3.8, 4) is 5.88 Å². The van der Waals surface area contributed by atoms with Crippen molar-refractivity contribution in [2.24, 2.45) is 0 Å². The van der Waals surface area contributed by atoms with Crippen LogP contribution in [-0.2, 0) is 17.5 Å². The molecule has 1 heterocycles. The number of carbonyl (C=O) groups excluding carboxylic acids is 1. The number of aromatic nitrogens is 1. The molecule has 0 aliphatic carbocycles. The first-order valence-corrected chi connectivity index (χ1v) is 6.88. The highest BCUT2D eigenvalue weighted by Crippen LogP contribution is 2.29. The number of carbonyl (C=O) groups is 1. The first-order chi connectivity index (χ1) is 11.3. The predicted molar refractivity (Wildman–Crippen MR) is 80.9 cm³/mol. The summed E-state index contributed by atoms with van der Waals surface area (Å²) in [4.78, 5) is 15.6. The van der Waals surface area contributed by atoms with Crippen LogP contribution in [0.4, 0.5) is 19.0 Å². The third kappa shape index (κ3) is 4.15. The third-order valence-electron chi connectivity index (χ3n) is 3.19. The molecule has 2 rings (SSSR count). The van der Waals surface area contributed by atoms with Gasteiger partial charge in [0.25, 0.3) is 0 Å². The van der Waals surface area contributed by atoms with Crippen molar-refractivity contribution in [2.45, 2.75) is 12.7 Å². The van der Waals surface area contributed by atoms with Crippen LogP contribution in [-0.4, -0.2) is 25.2 Å². The minimum absolute atomic E-state index is 0.0656. The van der Waals surface area contributed by atoms with Gasteiger partial charge in [0.2, 0.25) is 5.88 Å². The second kappa shape index (κ2) is 7.20. The van der Waals surface area contributed by atoms with Crippen LogP contribution in [0.3, 0.4) is 0 Å². The van der Waals surface area contributed by atoms with Crippen molar-refractivity contribution in [1.82, 2.24) is 4.98 Å². The van der Waals surface area contributed by atoms with Gasteiger partial charge in [-0.3, -0.25) is 0 Å². The van der Waals surface area contributed by atoms with E-state index in [1.54, 1.807) is 6.07 Å². The maximum absolute atomic E-state index is 12.7. The molecule has 8 heteroatoms. The van der Waals surface area contributed by atoms with Crippen LogP contribution in [0.5, 0.6) is 5.88 Å². The maximum atomic E-state index is 12.7. The van der Waals surface area contributed by atoms with Gasteiger partial charge in [0.05, 0.1) is 19.8 Å². The Morgan fingerprint density at radius 3 is 2.58 bits per heavy atom. The third-order valence-corrected chi connectivity index (χ3v) is 3.19. The fourth-order valence-electron chi connectivity index (χ4n) is 2.01. The zero-order valence-electron chi connectivity index (χ0n) is 13.0. The molecule has 0 spiro atoms. The summed E-state index contributed by atoms with van der Waals surface area (Å²) in [5.41, 5.74) is -0.111. The number of benzene rings is 1. The number of nitrogens with zero attached hydrogens (tertiary/aromatic N) is 1. The lowest BCUT2D eigenvalue weighted by Crippen LogP contribution is -2.09. The first-order valence-electron chi connectivity index (χ1n) is 6.88. The second-order valence-electron chi connectivity index (χ2n) is 4.80. The van der Waals surface area contributed by atoms with Gasteiger partial charge in [0.1, 0.15) is 11.4 Å². The van der Waals surface area contributed by atoms with Crippen LogP contribution in [0.15, 0.2) is 36.4 Å². The van der Waals surface area contributed by atoms with Crippen molar-refractivity contribution in [3.05, 3.63) is 53.1 Å². The quantitative estimate of drug-likeness (QED) is 0.844. The summed E-state index contributed by atoms with van der Waals surface area (Å²) in [5.74, 6) is -0.170. The van der Waals surface area contributed by atoms with Crippen molar-refractivity contribution >= 4 is 11.8 Å². The summed E-state index contributed by atoms with van der Waals surface area (Å²) < 4.78 is 47.7. The number of nitrogens with one attached hydrogen (secondary N) is 1. The average Bonchev–Trinajstić information content (AvgIpc) is 2.58. The number of hydrogen-bond acceptors (Lipinski definition) is 5. The lowest BCUT2D eigenvalue weighted by Gasteiger charge is -2.11. The van der Waals surface area contributed by atoms with E-state index in [-0.39, 0.29) is 18.0 Å². The van der Waals surface area contributed by atoms with Gasteiger partial charge in [0.15, 0.2) is 0 Å². The number of methoxy groups -OCH3 is 2. The zero-order chi connectivity index (χ0) is 17.7. The molecule has 1 aromatic carbocycles. The zero-order valence-corrected chi connectivity index (χ0v) is 13.0. The molecule has 0 fully saturated rings. The van der Waals surface area contributed by atoms with Gasteiger partial charge in [0, 0.05) is 6.54 Å². The Kier molecular flexibility index (Phi) is 5.28. The number of anilines is 1. The molecule has 5 nitrogen and oxygen atoms in total. The highest BCUT2D eigenvalue weighted by atomic mass is 19.4. The molecule has 1 N–H and O–H groups in total. The lowest BCUT2D eigenvalue weighted by molar-refractivity contribution is -0.137. The average molecular weight is 340 g/mol. The molecule has 0 unspecified atom stereocenters. The molecular weight excluding hydrogens is 325 g/mol. The van der Waals surface area contributed by atoms with Crippen LogP contribution in [0.1, 0.15) is 21.5 Å². The summed E-state index contributed by atoms with van der Waals surface area (Å²) in [6.07, 6.45) is -4.39. The molecule has 0 amide bonds. The molecule has 0 saturated heterocycles. The lowest BCUT2D eigenvalue weighted by atomic mass is 10.1. The Morgan fingerprint density at radius 1 is 1.21 bits per heavy atom. The van der Waals surface area contributed by atoms with E-state index in [4.69, 9.17) is 4.74 Å². The van der Waals surface area contributed by atoms with E-state index < -0.39 is 17.7 Å². The van der Waals surface area contributed by atoms with Crippen molar-refractivity contribution in [3.63, 3.8) is 0 Å². The van der Waals surface area contributed by atoms with E-state index in [0.29, 0.717) is 11.4 Å². The minimum Gasteiger partial charge on any atom is -0.480 e. The summed E-state index contributed by atoms with van der Waals surface area (Å²) in [6, 6.07) is 7.97. The SMILES string of the molecule is COC(=O)c1ccc(NCc2cccc(C(F)(F)F)c2)nc1OC. The van der Waals surface area contributed by atoms with Gasteiger partial charge in [-0.15, -0.1) is 0 Å². The van der Waals surface area contributed by atoms with Crippen molar-refractivity contribution in [2.75, 3.05) is 19.5 Å². The van der Waals surface area contributed by atoms with Gasteiger partial charge < -0.3 is 14.8 Å². The summed E-state index contributed by atoms with van der Waals surface area (Å²) in [5, 5.41) is 2.89. The number of ether oxygens (including phenoxy) is 2. The Labute approximate surface area is 136 Å². The Morgan fingerprint density at radius 2 is 1.96 bits per heavy atom. The number of esters is 1. The summed E-state index contributed by atoms with van der Waals surface area (Å²) in [6.45, 7) is 0.137. The molecule has 0 bridgehead atoms. The van der Waals surface area contributed by atoms with Gasteiger partial charge in [-0.25, -0.2) is 4.79 Å². The standard InChI is InChI=1S/C16H15F3N2O3/c1-23-14-12(15(22)24-2)6-7-13(21-14)20-9-10-4-3-5-11(8-10)16(17,18)19/h3-8H,9H2,1-2H3,(H,20,21). The second-order valence-corrected chi connectivity index (χ2v) is 4.80. The number of halogens is 3. The Balaban J connectivity index is 2.14. The van der Waals surface area contributed by atoms with Crippen LogP contribution in [0.25, 0.3) is 0 Å². The fourth-order valence-corrected chi connectivity index (χ4v) is 2.01. The van der Waals surface area contributed by atoms with Crippen LogP contribution in [0, 0.1) is 0 Å². The molecular formula is C16H15F3N2O3. The molecule has 24 heavy (non-hydrogen) atoms. The smallest absolute Gasteiger partial charge is 0.416 e. The highest BCUT2D eigenvalue weighted by molar-refractivity contribution is 5.92. The van der Waals surface area contributed by atoms with Gasteiger partial charge in [-0.2, -0.15) is 18.2 Å². The fraction of sp³-hybridized carbons (Fsp3) is 0.250. The van der Waals surface area contributed by atoms with E-state index in [2.05, 4.69) is 15.0 Å². The minimum atomic E-state index is -4.39. The Hall–Kier alpha value is -2.77. The maximum Gasteiger partial charge on any atom is 0.416 e. The molecule has 1 aromatic heterocycles. The highest BCUT2D eigenvalue weighted by Gasteiger charge is 2.30. The number of hydrogen-bond donors (Lipinski definition) is 1. The van der Waals surface area contributed by atoms with E-state index in [0.717, 1.165) is 12.1 Å². The molecule has 0 saturated carbocycles. The Bertz CT molecular complexity index is 733. The molecule has 0 radical (unpaired) electrons. The van der Waals surface area contributed by atoms with Crippen LogP contribution in [0.2, 0.25) is 0 Å². The number of pyridine rings is 1. The number of rotatable bonds is 5. The topological polar surface area (TPSA) is 60.5 Å². The van der Waals surface area contributed by atoms with E-state index in [1.807, 2.05) is 0 Å². The van der Waals surface area contributed by atoms with E-state index >= 15 is 0 Å². The molecule has 2 aromatic rings. The molecule has 0 aliphatic heterocycles. The molecule has 0 atom stereocenters. The van der Waals surface area contributed by atoms with E-state index in [9.17, 15) is 18.0 Å². The normalized spacial score (nSPS) is 11.0. The molecule has 128 valence electrons. The predicted octanol–water partition coefficient (Wildman–Crippen LogP) is 3.51. The molecule has 0 aliphatic rings. The van der Waals surface area contributed by atoms with Crippen molar-refractivity contribution < 1.29 is 27.4 Å². The summed E-state index contributed by atoms with van der Waals surface area (Å²) in [7, 11) is 2.59. The van der Waals surface area contributed by atoms with Gasteiger partial charge in [-0.1, -0.05) is 12.1 Å². The largest absolute Gasteiger partial charge is 0.480 e. The summed E-state index contributed by atoms with van der Waals surface area (Å²) >= 11 is 0. The first kappa shape index (κ1) is 17.6. The van der Waals surface area contributed by atoms with Gasteiger partial charge in [-0.05, 0) is 29.8 Å². The van der Waals surface area contributed by atoms with Crippen LogP contribution >= 0.6 is 0 Å². The van der Waals surface area contributed by atoms with Crippen LogP contribution < -0.4 is 10.1 Å². The van der Waals surface area contributed by atoms with E-state index in [1.165, 1.54) is 32.4 Å². The van der Waals surface area contributed by atoms with Crippen molar-refractivity contribution in [1.29, 1.82) is 0 Å². The van der Waals surface area contributed by atoms with Gasteiger partial charge >= 0.3 is 12.1 Å². The monoisotopic (exact) mass is 340 g/mol. The number of alkyl halides is 3.